The molecule has 0 aromatic carbocycles. The highest BCUT2D eigenvalue weighted by molar-refractivity contribution is 5.76. The Bertz CT molecular complexity index is 602. The predicted octanol–water partition coefficient (Wildman–Crippen LogP) is 0.563. The SMILES string of the molecule is Cc1[nH]c(=O)[nH]c(=O)c1CCC(=O)N1CCC[C@@H](C)C1. The summed E-state index contributed by atoms with van der Waals surface area (Å²) in [6.07, 6.45) is 2.89. The van der Waals surface area contributed by atoms with Crippen LogP contribution in [0.4, 0.5) is 0 Å². The lowest BCUT2D eigenvalue weighted by atomic mass is 9.99. The molecule has 1 amide bonds. The van der Waals surface area contributed by atoms with Crippen LogP contribution in [0.2, 0.25) is 0 Å². The lowest BCUT2D eigenvalue weighted by Gasteiger charge is -2.31. The maximum Gasteiger partial charge on any atom is 0.325 e. The standard InChI is InChI=1S/C14H21N3O3/c1-9-4-3-7-17(8-9)12(18)6-5-11-10(2)15-14(20)16-13(11)19/h9H,3-8H2,1-2H3,(H2,15,16,19,20)/t9-/m1/s1. The van der Waals surface area contributed by atoms with Crippen LogP contribution in [0.5, 0.6) is 0 Å². The van der Waals surface area contributed by atoms with Gasteiger partial charge in [0, 0.05) is 30.8 Å². The molecule has 6 heteroatoms. The quantitative estimate of drug-likeness (QED) is 0.847. The van der Waals surface area contributed by atoms with Crippen LogP contribution in [0.15, 0.2) is 9.59 Å². The average Bonchev–Trinajstić information content (AvgIpc) is 2.37. The van der Waals surface area contributed by atoms with E-state index in [1.54, 1.807) is 6.92 Å². The minimum Gasteiger partial charge on any atom is -0.342 e. The summed E-state index contributed by atoms with van der Waals surface area (Å²) >= 11 is 0. The van der Waals surface area contributed by atoms with Gasteiger partial charge < -0.3 is 9.88 Å². The molecule has 2 heterocycles. The maximum absolute atomic E-state index is 12.1. The second-order valence-electron chi connectivity index (χ2n) is 5.60. The Hall–Kier alpha value is -1.85. The van der Waals surface area contributed by atoms with Crippen molar-refractivity contribution in [3.63, 3.8) is 0 Å². The van der Waals surface area contributed by atoms with Crippen molar-refractivity contribution in [3.05, 3.63) is 32.1 Å². The minimum absolute atomic E-state index is 0.0848. The number of rotatable bonds is 3. The Morgan fingerprint density at radius 3 is 2.75 bits per heavy atom. The van der Waals surface area contributed by atoms with Gasteiger partial charge in [0.1, 0.15) is 0 Å². The highest BCUT2D eigenvalue weighted by Gasteiger charge is 2.21. The number of aromatic nitrogens is 2. The van der Waals surface area contributed by atoms with Crippen molar-refractivity contribution in [2.24, 2.45) is 5.92 Å². The van der Waals surface area contributed by atoms with Crippen molar-refractivity contribution in [1.82, 2.24) is 14.9 Å². The normalized spacial score (nSPS) is 19.1. The number of aryl methyl sites for hydroxylation is 1. The molecule has 0 bridgehead atoms. The number of nitrogens with zero attached hydrogens (tertiary/aromatic N) is 1. The van der Waals surface area contributed by atoms with Crippen molar-refractivity contribution in [2.75, 3.05) is 13.1 Å². The molecule has 1 fully saturated rings. The van der Waals surface area contributed by atoms with Gasteiger partial charge >= 0.3 is 5.69 Å². The summed E-state index contributed by atoms with van der Waals surface area (Å²) in [4.78, 5) is 41.6. The van der Waals surface area contributed by atoms with E-state index in [4.69, 9.17) is 0 Å². The topological polar surface area (TPSA) is 86.0 Å². The van der Waals surface area contributed by atoms with Crippen LogP contribution in [-0.2, 0) is 11.2 Å². The van der Waals surface area contributed by atoms with Gasteiger partial charge in [0.05, 0.1) is 0 Å². The lowest BCUT2D eigenvalue weighted by molar-refractivity contribution is -0.132. The van der Waals surface area contributed by atoms with Gasteiger partial charge in [-0.05, 0) is 32.1 Å². The van der Waals surface area contributed by atoms with Gasteiger partial charge in [-0.3, -0.25) is 14.6 Å². The number of amides is 1. The molecule has 6 nitrogen and oxygen atoms in total. The Labute approximate surface area is 117 Å². The zero-order chi connectivity index (χ0) is 14.7. The zero-order valence-electron chi connectivity index (χ0n) is 12.0. The van der Waals surface area contributed by atoms with E-state index in [1.807, 2.05) is 4.90 Å². The summed E-state index contributed by atoms with van der Waals surface area (Å²) in [7, 11) is 0. The van der Waals surface area contributed by atoms with Crippen molar-refractivity contribution in [3.8, 4) is 0 Å². The van der Waals surface area contributed by atoms with Crippen LogP contribution in [0.25, 0.3) is 0 Å². The molecule has 0 spiro atoms. The van der Waals surface area contributed by atoms with Gasteiger partial charge in [0.15, 0.2) is 0 Å². The fourth-order valence-corrected chi connectivity index (χ4v) is 2.73. The molecule has 0 unspecified atom stereocenters. The summed E-state index contributed by atoms with van der Waals surface area (Å²) in [5, 5.41) is 0. The first kappa shape index (κ1) is 14.6. The van der Waals surface area contributed by atoms with E-state index >= 15 is 0 Å². The Morgan fingerprint density at radius 1 is 1.35 bits per heavy atom. The van der Waals surface area contributed by atoms with Gasteiger partial charge in [-0.25, -0.2) is 4.79 Å². The molecule has 2 N–H and O–H groups in total. The average molecular weight is 279 g/mol. The fraction of sp³-hybridized carbons (Fsp3) is 0.643. The smallest absolute Gasteiger partial charge is 0.325 e. The number of carbonyl (C=O) groups excluding carboxylic acids is 1. The summed E-state index contributed by atoms with van der Waals surface area (Å²) in [6.45, 7) is 5.44. The van der Waals surface area contributed by atoms with Gasteiger partial charge in [-0.15, -0.1) is 0 Å². The van der Waals surface area contributed by atoms with Crippen molar-refractivity contribution < 1.29 is 4.79 Å². The number of hydrogen-bond donors (Lipinski definition) is 2. The Morgan fingerprint density at radius 2 is 2.10 bits per heavy atom. The van der Waals surface area contributed by atoms with E-state index in [0.717, 1.165) is 19.5 Å². The molecule has 1 atom stereocenters. The summed E-state index contributed by atoms with van der Waals surface area (Å²) in [6, 6.07) is 0. The molecule has 2 rings (SSSR count). The van der Waals surface area contributed by atoms with Crippen molar-refractivity contribution in [2.45, 2.75) is 39.5 Å². The summed E-state index contributed by atoms with van der Waals surface area (Å²) < 4.78 is 0. The molecule has 110 valence electrons. The first-order valence-electron chi connectivity index (χ1n) is 7.07. The van der Waals surface area contributed by atoms with E-state index in [1.165, 1.54) is 6.42 Å². The third-order valence-corrected chi connectivity index (χ3v) is 3.85. The lowest BCUT2D eigenvalue weighted by Crippen LogP contribution is -2.39. The number of piperidine rings is 1. The second kappa shape index (κ2) is 6.07. The Kier molecular flexibility index (Phi) is 4.42. The second-order valence-corrected chi connectivity index (χ2v) is 5.60. The van der Waals surface area contributed by atoms with Crippen LogP contribution in [-0.4, -0.2) is 33.9 Å². The molecular formula is C14H21N3O3. The first-order valence-corrected chi connectivity index (χ1v) is 7.07. The number of aromatic amines is 2. The van der Waals surface area contributed by atoms with Crippen LogP contribution in [0.3, 0.4) is 0 Å². The molecular weight excluding hydrogens is 258 g/mol. The molecule has 0 aliphatic carbocycles. The van der Waals surface area contributed by atoms with Crippen LogP contribution in [0, 0.1) is 12.8 Å². The predicted molar refractivity (Wildman–Crippen MR) is 75.7 cm³/mol. The first-order chi connectivity index (χ1) is 9.47. The van der Waals surface area contributed by atoms with E-state index in [-0.39, 0.29) is 5.91 Å². The number of H-pyrrole nitrogens is 2. The van der Waals surface area contributed by atoms with Gasteiger partial charge in [0.25, 0.3) is 5.56 Å². The number of carbonyl (C=O) groups is 1. The largest absolute Gasteiger partial charge is 0.342 e. The molecule has 0 radical (unpaired) electrons. The van der Waals surface area contributed by atoms with E-state index in [0.29, 0.717) is 30.0 Å². The Balaban J connectivity index is 2.00. The summed E-state index contributed by atoms with van der Waals surface area (Å²) in [5.41, 5.74) is 0.125. The van der Waals surface area contributed by atoms with Gasteiger partial charge in [0.2, 0.25) is 5.91 Å². The third kappa shape index (κ3) is 3.37. The molecule has 1 aromatic heterocycles. The maximum atomic E-state index is 12.1. The summed E-state index contributed by atoms with van der Waals surface area (Å²) in [5.74, 6) is 0.632. The molecule has 1 aliphatic heterocycles. The van der Waals surface area contributed by atoms with E-state index in [2.05, 4.69) is 16.9 Å². The number of nitrogens with one attached hydrogen (secondary N) is 2. The van der Waals surface area contributed by atoms with Gasteiger partial charge in [-0.1, -0.05) is 6.92 Å². The highest BCUT2D eigenvalue weighted by atomic mass is 16.2. The monoisotopic (exact) mass is 279 g/mol. The molecule has 1 saturated heterocycles. The number of hydrogen-bond acceptors (Lipinski definition) is 3. The third-order valence-electron chi connectivity index (χ3n) is 3.85. The zero-order valence-corrected chi connectivity index (χ0v) is 12.0. The molecule has 20 heavy (non-hydrogen) atoms. The number of likely N-dealkylation sites (tertiary alicyclic amines) is 1. The molecule has 1 aromatic rings. The van der Waals surface area contributed by atoms with E-state index < -0.39 is 11.2 Å². The molecule has 1 aliphatic rings. The van der Waals surface area contributed by atoms with Crippen LogP contribution < -0.4 is 11.2 Å². The highest BCUT2D eigenvalue weighted by Crippen LogP contribution is 2.16. The minimum atomic E-state index is -0.507. The fourth-order valence-electron chi connectivity index (χ4n) is 2.73. The van der Waals surface area contributed by atoms with Crippen LogP contribution in [0.1, 0.15) is 37.4 Å². The van der Waals surface area contributed by atoms with Gasteiger partial charge in [-0.2, -0.15) is 0 Å². The van der Waals surface area contributed by atoms with Crippen molar-refractivity contribution in [1.29, 1.82) is 0 Å². The van der Waals surface area contributed by atoms with Crippen LogP contribution >= 0.6 is 0 Å². The van der Waals surface area contributed by atoms with E-state index in [9.17, 15) is 14.4 Å². The van der Waals surface area contributed by atoms with Crippen molar-refractivity contribution >= 4 is 5.91 Å². The molecule has 0 saturated carbocycles.